The molecule has 38 heavy (non-hydrogen) atoms. The van der Waals surface area contributed by atoms with Crippen molar-refractivity contribution in [2.45, 2.75) is 63.9 Å². The number of hydrogen-bond donors (Lipinski definition) is 0. The minimum Gasteiger partial charge on any atom is -0.496 e. The van der Waals surface area contributed by atoms with E-state index in [0.717, 1.165) is 36.5 Å². The summed E-state index contributed by atoms with van der Waals surface area (Å²) in [7, 11) is 1.67. The zero-order valence-corrected chi connectivity index (χ0v) is 23.0. The average Bonchev–Trinajstić information content (AvgIpc) is 3.73. The fraction of sp³-hybridized carbons (Fsp3) is 0.567. The number of piperidine rings is 1. The molecular weight excluding hydrogens is 486 g/mol. The summed E-state index contributed by atoms with van der Waals surface area (Å²) in [5.74, 6) is 1.85. The van der Waals surface area contributed by atoms with Crippen LogP contribution in [0, 0.1) is 0 Å². The second-order valence-corrected chi connectivity index (χ2v) is 10.8. The lowest BCUT2D eigenvalue weighted by molar-refractivity contribution is -0.0331. The first-order chi connectivity index (χ1) is 18.3. The number of carbonyl (C=O) groups excluding carboxylic acids is 1. The summed E-state index contributed by atoms with van der Waals surface area (Å²) in [6.07, 6.45) is 1.36. The molecule has 3 unspecified atom stereocenters. The Morgan fingerprint density at radius 2 is 1.84 bits per heavy atom. The molecule has 2 fully saturated rings. The number of carbonyl (C=O) groups is 1. The Hall–Kier alpha value is -2.81. The standard InChI is InChI=1S/C30H41NO7/c1-30(2,3)38-29(32)31-15-14-26(28(18-31)37-21-25-20-36-25)22-10-12-24(13-11-22)35-17-7-16-34-19-23-8-5-6-9-27(23)33-4/h5-6,8-13,25-26,28H,7,14-21H2,1-4H3. The van der Waals surface area contributed by atoms with Gasteiger partial charge in [-0.2, -0.15) is 0 Å². The van der Waals surface area contributed by atoms with Crippen molar-refractivity contribution in [3.63, 3.8) is 0 Å². The van der Waals surface area contributed by atoms with Gasteiger partial charge in [-0.25, -0.2) is 4.79 Å². The molecular formula is C30H41NO7. The van der Waals surface area contributed by atoms with Crippen LogP contribution in [-0.2, 0) is 25.6 Å². The van der Waals surface area contributed by atoms with Crippen LogP contribution in [0.1, 0.15) is 50.7 Å². The molecule has 0 spiro atoms. The quantitative estimate of drug-likeness (QED) is 0.278. The molecule has 208 valence electrons. The van der Waals surface area contributed by atoms with E-state index in [1.807, 2.05) is 57.2 Å². The third kappa shape index (κ3) is 8.61. The molecule has 2 aliphatic rings. The van der Waals surface area contributed by atoms with Gasteiger partial charge in [0.25, 0.3) is 0 Å². The van der Waals surface area contributed by atoms with Gasteiger partial charge in [-0.15, -0.1) is 0 Å². The van der Waals surface area contributed by atoms with E-state index in [0.29, 0.717) is 39.5 Å². The van der Waals surface area contributed by atoms with Crippen LogP contribution in [0.3, 0.4) is 0 Å². The topological polar surface area (TPSA) is 79.0 Å². The van der Waals surface area contributed by atoms with Crippen molar-refractivity contribution in [3.8, 4) is 11.5 Å². The third-order valence-corrected chi connectivity index (χ3v) is 6.57. The zero-order valence-electron chi connectivity index (χ0n) is 23.0. The van der Waals surface area contributed by atoms with Gasteiger partial charge >= 0.3 is 6.09 Å². The number of para-hydroxylation sites is 1. The monoisotopic (exact) mass is 527 g/mol. The zero-order chi connectivity index (χ0) is 27.0. The van der Waals surface area contributed by atoms with Gasteiger partial charge in [0.15, 0.2) is 0 Å². The molecule has 0 N–H and O–H groups in total. The first kappa shape index (κ1) is 28.2. The number of epoxide rings is 1. The first-order valence-corrected chi connectivity index (χ1v) is 13.5. The van der Waals surface area contributed by atoms with Gasteiger partial charge in [0.1, 0.15) is 23.2 Å². The predicted molar refractivity (Wildman–Crippen MR) is 144 cm³/mol. The molecule has 2 saturated heterocycles. The number of ether oxygens (including phenoxy) is 6. The Kier molecular flexibility index (Phi) is 9.88. The number of likely N-dealkylation sites (tertiary alicyclic amines) is 1. The average molecular weight is 528 g/mol. The lowest BCUT2D eigenvalue weighted by Gasteiger charge is -2.39. The molecule has 0 bridgehead atoms. The number of amides is 1. The highest BCUT2D eigenvalue weighted by Crippen LogP contribution is 2.33. The summed E-state index contributed by atoms with van der Waals surface area (Å²) in [6.45, 7) is 9.77. The number of nitrogens with zero attached hydrogens (tertiary/aromatic N) is 1. The summed E-state index contributed by atoms with van der Waals surface area (Å²) >= 11 is 0. The van der Waals surface area contributed by atoms with Crippen LogP contribution >= 0.6 is 0 Å². The first-order valence-electron chi connectivity index (χ1n) is 13.5. The van der Waals surface area contributed by atoms with Crippen LogP contribution < -0.4 is 9.47 Å². The van der Waals surface area contributed by atoms with Crippen molar-refractivity contribution in [2.75, 3.05) is 46.6 Å². The number of hydrogen-bond acceptors (Lipinski definition) is 7. The molecule has 2 aromatic carbocycles. The van der Waals surface area contributed by atoms with Gasteiger partial charge in [0.2, 0.25) is 0 Å². The molecule has 1 amide bonds. The maximum Gasteiger partial charge on any atom is 0.410 e. The maximum absolute atomic E-state index is 12.7. The Morgan fingerprint density at radius 3 is 2.55 bits per heavy atom. The number of rotatable bonds is 12. The Morgan fingerprint density at radius 1 is 1.08 bits per heavy atom. The van der Waals surface area contributed by atoms with Gasteiger partial charge in [-0.1, -0.05) is 30.3 Å². The Bertz CT molecular complexity index is 1020. The van der Waals surface area contributed by atoms with Gasteiger partial charge < -0.3 is 33.3 Å². The molecule has 2 heterocycles. The van der Waals surface area contributed by atoms with Crippen LogP contribution in [0.5, 0.6) is 11.5 Å². The van der Waals surface area contributed by atoms with Crippen molar-refractivity contribution in [1.29, 1.82) is 0 Å². The minimum absolute atomic E-state index is 0.118. The second kappa shape index (κ2) is 13.3. The highest BCUT2D eigenvalue weighted by molar-refractivity contribution is 5.68. The molecule has 4 rings (SSSR count). The Labute approximate surface area is 226 Å². The Balaban J connectivity index is 1.24. The van der Waals surface area contributed by atoms with Crippen LogP contribution in [0.15, 0.2) is 48.5 Å². The summed E-state index contributed by atoms with van der Waals surface area (Å²) in [6, 6.07) is 16.1. The normalized spacial score (nSPS) is 21.2. The van der Waals surface area contributed by atoms with Crippen molar-refractivity contribution in [2.24, 2.45) is 0 Å². The molecule has 0 aliphatic carbocycles. The van der Waals surface area contributed by atoms with E-state index in [9.17, 15) is 4.79 Å². The van der Waals surface area contributed by atoms with E-state index in [4.69, 9.17) is 28.4 Å². The summed E-state index contributed by atoms with van der Waals surface area (Å²) in [4.78, 5) is 14.4. The molecule has 3 atom stereocenters. The van der Waals surface area contributed by atoms with Gasteiger partial charge in [-0.05, 0) is 51.0 Å². The van der Waals surface area contributed by atoms with Crippen LogP contribution in [0.2, 0.25) is 0 Å². The predicted octanol–water partition coefficient (Wildman–Crippen LogP) is 5.19. The number of methoxy groups -OCH3 is 1. The second-order valence-electron chi connectivity index (χ2n) is 10.8. The van der Waals surface area contributed by atoms with Crippen LogP contribution in [0.25, 0.3) is 0 Å². The van der Waals surface area contributed by atoms with Gasteiger partial charge in [-0.3, -0.25) is 0 Å². The van der Waals surface area contributed by atoms with E-state index in [2.05, 4.69) is 12.1 Å². The highest BCUT2D eigenvalue weighted by Gasteiger charge is 2.36. The molecule has 2 aliphatic heterocycles. The fourth-order valence-corrected chi connectivity index (χ4v) is 4.52. The lowest BCUT2D eigenvalue weighted by Crippen LogP contribution is -2.48. The lowest BCUT2D eigenvalue weighted by atomic mass is 9.87. The van der Waals surface area contributed by atoms with E-state index >= 15 is 0 Å². The smallest absolute Gasteiger partial charge is 0.410 e. The molecule has 0 aromatic heterocycles. The fourth-order valence-electron chi connectivity index (χ4n) is 4.52. The summed E-state index contributed by atoms with van der Waals surface area (Å²) in [5, 5.41) is 0. The molecule has 8 nitrogen and oxygen atoms in total. The van der Waals surface area contributed by atoms with E-state index < -0.39 is 5.60 Å². The highest BCUT2D eigenvalue weighted by atomic mass is 16.6. The van der Waals surface area contributed by atoms with Crippen molar-refractivity contribution in [3.05, 3.63) is 59.7 Å². The van der Waals surface area contributed by atoms with E-state index in [1.54, 1.807) is 12.0 Å². The minimum atomic E-state index is -0.524. The molecule has 0 saturated carbocycles. The summed E-state index contributed by atoms with van der Waals surface area (Å²) < 4.78 is 34.2. The molecule has 0 radical (unpaired) electrons. The van der Waals surface area contributed by atoms with Crippen LogP contribution in [0.4, 0.5) is 4.79 Å². The van der Waals surface area contributed by atoms with Crippen molar-refractivity contribution >= 4 is 6.09 Å². The molecule has 8 heteroatoms. The summed E-state index contributed by atoms with van der Waals surface area (Å²) in [5.41, 5.74) is 1.70. The largest absolute Gasteiger partial charge is 0.496 e. The molecule has 2 aromatic rings. The maximum atomic E-state index is 12.7. The van der Waals surface area contributed by atoms with E-state index in [1.165, 1.54) is 5.56 Å². The van der Waals surface area contributed by atoms with Crippen LogP contribution in [-0.4, -0.2) is 75.4 Å². The SMILES string of the molecule is COc1ccccc1COCCCOc1ccc(C2CCN(C(=O)OC(C)(C)C)CC2OCC2CO2)cc1. The number of benzene rings is 2. The van der Waals surface area contributed by atoms with E-state index in [-0.39, 0.29) is 24.2 Å². The van der Waals surface area contributed by atoms with Crippen molar-refractivity contribution < 1.29 is 33.2 Å². The van der Waals surface area contributed by atoms with Crippen molar-refractivity contribution in [1.82, 2.24) is 4.90 Å². The van der Waals surface area contributed by atoms with Gasteiger partial charge in [0.05, 0.1) is 52.8 Å². The third-order valence-electron chi connectivity index (χ3n) is 6.57. The van der Waals surface area contributed by atoms with Gasteiger partial charge in [0, 0.05) is 24.4 Å².